The molecule has 1 rings (SSSR count). The zero-order valence-electron chi connectivity index (χ0n) is 9.20. The summed E-state index contributed by atoms with van der Waals surface area (Å²) >= 11 is 7.31. The highest BCUT2D eigenvalue weighted by Gasteiger charge is 2.05. The summed E-state index contributed by atoms with van der Waals surface area (Å²) in [6, 6.07) is 1.70. The molecule has 16 heavy (non-hydrogen) atoms. The summed E-state index contributed by atoms with van der Waals surface area (Å²) in [5, 5.41) is 1.23. The van der Waals surface area contributed by atoms with Crippen LogP contribution in [0.1, 0.15) is 19.2 Å². The summed E-state index contributed by atoms with van der Waals surface area (Å²) in [5.74, 6) is 1.12. The smallest absolute Gasteiger partial charge is 0.306 e. The fraction of sp³-hybridized carbons (Fsp3) is 0.500. The molecule has 0 amide bonds. The van der Waals surface area contributed by atoms with Gasteiger partial charge in [0.05, 0.1) is 13.5 Å². The van der Waals surface area contributed by atoms with Crippen LogP contribution in [0.25, 0.3) is 0 Å². The van der Waals surface area contributed by atoms with Crippen LogP contribution in [0.3, 0.4) is 0 Å². The standard InChI is InChI=1S/C10H13ClN2O2S/c1-3-8-12-7(11)6-9(13-8)16-5-4-10(14)15-2/h6H,3-5H2,1-2H3. The highest BCUT2D eigenvalue weighted by atomic mass is 35.5. The van der Waals surface area contributed by atoms with Crippen molar-refractivity contribution in [3.63, 3.8) is 0 Å². The van der Waals surface area contributed by atoms with Crippen LogP contribution in [-0.2, 0) is 16.0 Å². The van der Waals surface area contributed by atoms with Gasteiger partial charge in [0.15, 0.2) is 0 Å². The summed E-state index contributed by atoms with van der Waals surface area (Å²) in [5.41, 5.74) is 0. The number of rotatable bonds is 5. The van der Waals surface area contributed by atoms with Crippen molar-refractivity contribution < 1.29 is 9.53 Å². The molecule has 0 atom stereocenters. The highest BCUT2D eigenvalue weighted by Crippen LogP contribution is 2.19. The Balaban J connectivity index is 2.53. The maximum absolute atomic E-state index is 10.9. The number of carbonyl (C=O) groups is 1. The number of nitrogens with zero attached hydrogens (tertiary/aromatic N) is 2. The van der Waals surface area contributed by atoms with E-state index < -0.39 is 0 Å². The lowest BCUT2D eigenvalue weighted by molar-refractivity contribution is -0.140. The number of esters is 1. The average Bonchev–Trinajstić information content (AvgIpc) is 2.28. The molecule has 0 saturated heterocycles. The summed E-state index contributed by atoms with van der Waals surface area (Å²) in [6.07, 6.45) is 1.11. The number of thioether (sulfide) groups is 1. The van der Waals surface area contributed by atoms with Crippen molar-refractivity contribution in [2.75, 3.05) is 12.9 Å². The molecular weight excluding hydrogens is 248 g/mol. The molecule has 0 aliphatic carbocycles. The molecule has 0 radical (unpaired) electrons. The zero-order chi connectivity index (χ0) is 12.0. The molecule has 1 aromatic rings. The molecule has 0 spiro atoms. The summed E-state index contributed by atoms with van der Waals surface area (Å²) in [7, 11) is 1.38. The van der Waals surface area contributed by atoms with Gasteiger partial charge in [0, 0.05) is 18.2 Å². The van der Waals surface area contributed by atoms with E-state index in [1.165, 1.54) is 18.9 Å². The minimum atomic E-state index is -0.219. The van der Waals surface area contributed by atoms with Gasteiger partial charge in [0.1, 0.15) is 16.0 Å². The minimum Gasteiger partial charge on any atom is -0.469 e. The maximum atomic E-state index is 10.9. The lowest BCUT2D eigenvalue weighted by atomic mass is 10.4. The highest BCUT2D eigenvalue weighted by molar-refractivity contribution is 7.99. The van der Waals surface area contributed by atoms with Crippen LogP contribution >= 0.6 is 23.4 Å². The first-order valence-electron chi connectivity index (χ1n) is 4.88. The summed E-state index contributed by atoms with van der Waals surface area (Å²) in [6.45, 7) is 1.97. The Morgan fingerprint density at radius 3 is 2.94 bits per heavy atom. The fourth-order valence-corrected chi connectivity index (χ4v) is 2.12. The molecule has 4 nitrogen and oxygen atoms in total. The van der Waals surface area contributed by atoms with Crippen LogP contribution in [-0.4, -0.2) is 28.8 Å². The Morgan fingerprint density at radius 1 is 1.56 bits per heavy atom. The first-order valence-corrected chi connectivity index (χ1v) is 6.25. The van der Waals surface area contributed by atoms with E-state index in [-0.39, 0.29) is 5.97 Å². The summed E-state index contributed by atoms with van der Waals surface area (Å²) in [4.78, 5) is 19.2. The van der Waals surface area contributed by atoms with Crippen molar-refractivity contribution in [3.05, 3.63) is 17.0 Å². The van der Waals surface area contributed by atoms with E-state index in [0.717, 1.165) is 11.4 Å². The van der Waals surface area contributed by atoms with Gasteiger partial charge in [-0.2, -0.15) is 0 Å². The molecule has 0 aliphatic heterocycles. The van der Waals surface area contributed by atoms with Crippen molar-refractivity contribution >= 4 is 29.3 Å². The van der Waals surface area contributed by atoms with Gasteiger partial charge in [-0.05, 0) is 0 Å². The summed E-state index contributed by atoms with van der Waals surface area (Å²) < 4.78 is 4.55. The second-order valence-corrected chi connectivity index (χ2v) is 4.48. The van der Waals surface area contributed by atoms with Crippen LogP contribution in [0.4, 0.5) is 0 Å². The quantitative estimate of drug-likeness (QED) is 0.462. The third kappa shape index (κ3) is 4.37. The lowest BCUT2D eigenvalue weighted by Gasteiger charge is -2.03. The van der Waals surface area contributed by atoms with Crippen LogP contribution in [0.2, 0.25) is 5.15 Å². The van der Waals surface area contributed by atoms with Crippen LogP contribution in [0, 0.1) is 0 Å². The lowest BCUT2D eigenvalue weighted by Crippen LogP contribution is -2.01. The van der Waals surface area contributed by atoms with Gasteiger partial charge in [-0.15, -0.1) is 11.8 Å². The van der Waals surface area contributed by atoms with Gasteiger partial charge in [0.2, 0.25) is 0 Å². The Labute approximate surface area is 104 Å². The molecule has 1 aromatic heterocycles. The van der Waals surface area contributed by atoms with E-state index in [0.29, 0.717) is 23.2 Å². The second-order valence-electron chi connectivity index (χ2n) is 2.97. The first kappa shape index (κ1) is 13.3. The third-order valence-corrected chi connectivity index (χ3v) is 2.92. The van der Waals surface area contributed by atoms with Crippen molar-refractivity contribution in [1.29, 1.82) is 0 Å². The number of carbonyl (C=O) groups excluding carboxylic acids is 1. The molecule has 0 saturated carbocycles. The van der Waals surface area contributed by atoms with Gasteiger partial charge >= 0.3 is 5.97 Å². The van der Waals surface area contributed by atoms with E-state index in [1.807, 2.05) is 6.92 Å². The predicted molar refractivity (Wildman–Crippen MR) is 63.8 cm³/mol. The van der Waals surface area contributed by atoms with Crippen molar-refractivity contribution in [1.82, 2.24) is 9.97 Å². The van der Waals surface area contributed by atoms with Gasteiger partial charge in [-0.3, -0.25) is 4.79 Å². The van der Waals surface area contributed by atoms with Crippen LogP contribution in [0.5, 0.6) is 0 Å². The Morgan fingerprint density at radius 2 is 2.31 bits per heavy atom. The number of ether oxygens (including phenoxy) is 1. The number of hydrogen-bond acceptors (Lipinski definition) is 5. The average molecular weight is 261 g/mol. The monoisotopic (exact) mass is 260 g/mol. The van der Waals surface area contributed by atoms with E-state index in [9.17, 15) is 4.79 Å². The van der Waals surface area contributed by atoms with Crippen LogP contribution in [0.15, 0.2) is 11.1 Å². The molecule has 88 valence electrons. The largest absolute Gasteiger partial charge is 0.469 e. The molecule has 1 heterocycles. The Hall–Kier alpha value is -0.810. The normalized spacial score (nSPS) is 10.2. The van der Waals surface area contributed by atoms with E-state index in [2.05, 4.69) is 14.7 Å². The van der Waals surface area contributed by atoms with E-state index in [1.54, 1.807) is 6.07 Å². The van der Waals surface area contributed by atoms with E-state index >= 15 is 0 Å². The molecule has 0 aliphatic rings. The number of aryl methyl sites for hydroxylation is 1. The van der Waals surface area contributed by atoms with E-state index in [4.69, 9.17) is 11.6 Å². The third-order valence-electron chi connectivity index (χ3n) is 1.82. The predicted octanol–water partition coefficient (Wildman–Crippen LogP) is 2.35. The zero-order valence-corrected chi connectivity index (χ0v) is 10.8. The topological polar surface area (TPSA) is 52.1 Å². The molecule has 6 heteroatoms. The number of halogens is 1. The SMILES string of the molecule is CCc1nc(Cl)cc(SCCC(=O)OC)n1. The molecular formula is C10H13ClN2O2S. The first-order chi connectivity index (χ1) is 7.65. The Kier molecular flexibility index (Phi) is 5.55. The fourth-order valence-electron chi connectivity index (χ4n) is 1.01. The number of hydrogen-bond donors (Lipinski definition) is 0. The molecule has 0 unspecified atom stereocenters. The van der Waals surface area contributed by atoms with Crippen LogP contribution < -0.4 is 0 Å². The number of aromatic nitrogens is 2. The van der Waals surface area contributed by atoms with Crippen molar-refractivity contribution in [3.8, 4) is 0 Å². The van der Waals surface area contributed by atoms with Gasteiger partial charge in [0.25, 0.3) is 0 Å². The second kappa shape index (κ2) is 6.70. The Bertz CT molecular complexity index is 374. The molecule has 0 N–H and O–H groups in total. The van der Waals surface area contributed by atoms with Crippen molar-refractivity contribution in [2.45, 2.75) is 24.8 Å². The molecule has 0 aromatic carbocycles. The van der Waals surface area contributed by atoms with Crippen molar-refractivity contribution in [2.24, 2.45) is 0 Å². The van der Waals surface area contributed by atoms with Gasteiger partial charge in [-0.1, -0.05) is 18.5 Å². The maximum Gasteiger partial charge on any atom is 0.306 e. The van der Waals surface area contributed by atoms with Gasteiger partial charge in [-0.25, -0.2) is 9.97 Å². The molecule has 0 bridgehead atoms. The molecule has 0 fully saturated rings. The van der Waals surface area contributed by atoms with Gasteiger partial charge < -0.3 is 4.74 Å². The number of methoxy groups -OCH3 is 1. The minimum absolute atomic E-state index is 0.219.